The number of aryl methyl sites for hydroxylation is 2. The van der Waals surface area contributed by atoms with Crippen molar-refractivity contribution < 1.29 is 4.79 Å². The van der Waals surface area contributed by atoms with E-state index in [-0.39, 0.29) is 5.91 Å². The van der Waals surface area contributed by atoms with Gasteiger partial charge in [0.1, 0.15) is 10.7 Å². The summed E-state index contributed by atoms with van der Waals surface area (Å²) in [6.07, 6.45) is 3.69. The first-order valence-corrected chi connectivity index (χ1v) is 10.4. The molecule has 0 aliphatic carbocycles. The Hall–Kier alpha value is -3.07. The Bertz CT molecular complexity index is 996. The van der Waals surface area contributed by atoms with Crippen LogP contribution in [-0.4, -0.2) is 38.6 Å². The maximum Gasteiger partial charge on any atom is 0.269 e. The number of piperidine rings is 1. The van der Waals surface area contributed by atoms with Crippen LogP contribution in [0.5, 0.6) is 0 Å². The maximum atomic E-state index is 12.3. The molecule has 1 amide bonds. The van der Waals surface area contributed by atoms with Gasteiger partial charge in [-0.05, 0) is 68.9 Å². The molecule has 0 atom stereocenters. The van der Waals surface area contributed by atoms with Crippen LogP contribution in [0.1, 0.15) is 40.3 Å². The largest absolute Gasteiger partial charge is 0.356 e. The molecular formula is C20H23N7OS. The summed E-state index contributed by atoms with van der Waals surface area (Å²) >= 11 is 1.09. The van der Waals surface area contributed by atoms with Crippen LogP contribution in [0.4, 0.5) is 23.1 Å². The van der Waals surface area contributed by atoms with Crippen molar-refractivity contribution in [3.63, 3.8) is 0 Å². The molecule has 4 rings (SSSR count). The number of carbonyl (C=O) groups is 1. The number of aromatic nitrogens is 4. The number of benzene rings is 1. The van der Waals surface area contributed by atoms with Crippen molar-refractivity contribution in [2.75, 3.05) is 28.6 Å². The standard InChI is InChI=1S/C20H23N7OS/c1-13-12-17(27-10-4-3-5-11-27)24-20(21-13)23-16-8-6-15(7-9-16)22-19(28)18-14(2)25-26-29-18/h6-9,12H,3-5,10-11H2,1-2H3,(H,22,28)(H,21,23,24). The van der Waals surface area contributed by atoms with Gasteiger partial charge in [0.05, 0.1) is 5.69 Å². The van der Waals surface area contributed by atoms with Gasteiger partial charge in [-0.3, -0.25) is 4.79 Å². The van der Waals surface area contributed by atoms with Gasteiger partial charge in [0, 0.05) is 36.2 Å². The zero-order valence-electron chi connectivity index (χ0n) is 16.5. The highest BCUT2D eigenvalue weighted by Gasteiger charge is 2.15. The second-order valence-corrected chi connectivity index (χ2v) is 7.84. The third-order valence-electron chi connectivity index (χ3n) is 4.78. The molecule has 0 bridgehead atoms. The van der Waals surface area contributed by atoms with Gasteiger partial charge in [-0.25, -0.2) is 4.98 Å². The van der Waals surface area contributed by atoms with Crippen molar-refractivity contribution in [3.8, 4) is 0 Å². The predicted molar refractivity (Wildman–Crippen MR) is 115 cm³/mol. The number of hydrogen-bond donors (Lipinski definition) is 2. The summed E-state index contributed by atoms with van der Waals surface area (Å²) in [6.45, 7) is 5.83. The minimum absolute atomic E-state index is 0.202. The minimum atomic E-state index is -0.202. The SMILES string of the molecule is Cc1cc(N2CCCCC2)nc(Nc2ccc(NC(=O)c3snnc3C)cc2)n1. The van der Waals surface area contributed by atoms with E-state index < -0.39 is 0 Å². The monoisotopic (exact) mass is 409 g/mol. The summed E-state index contributed by atoms with van der Waals surface area (Å²) in [5.41, 5.74) is 3.12. The van der Waals surface area contributed by atoms with E-state index in [9.17, 15) is 4.79 Å². The number of nitrogens with zero attached hydrogens (tertiary/aromatic N) is 5. The van der Waals surface area contributed by atoms with Crippen LogP contribution in [0.3, 0.4) is 0 Å². The molecule has 3 heterocycles. The smallest absolute Gasteiger partial charge is 0.269 e. The molecule has 2 N–H and O–H groups in total. The van der Waals surface area contributed by atoms with Crippen molar-refractivity contribution in [1.82, 2.24) is 19.6 Å². The summed E-state index contributed by atoms with van der Waals surface area (Å²) in [5.74, 6) is 1.34. The molecule has 1 aliphatic rings. The van der Waals surface area contributed by atoms with Gasteiger partial charge in [-0.15, -0.1) is 5.10 Å². The number of hydrogen-bond acceptors (Lipinski definition) is 8. The molecule has 1 aromatic carbocycles. The first kappa shape index (κ1) is 19.3. The lowest BCUT2D eigenvalue weighted by atomic mass is 10.1. The molecule has 8 nitrogen and oxygen atoms in total. The average molecular weight is 410 g/mol. The average Bonchev–Trinajstić information content (AvgIpc) is 3.16. The zero-order valence-corrected chi connectivity index (χ0v) is 17.3. The van der Waals surface area contributed by atoms with Gasteiger partial charge >= 0.3 is 0 Å². The van der Waals surface area contributed by atoms with E-state index >= 15 is 0 Å². The summed E-state index contributed by atoms with van der Waals surface area (Å²) in [5, 5.41) is 9.99. The molecule has 1 saturated heterocycles. The molecule has 0 spiro atoms. The lowest BCUT2D eigenvalue weighted by Gasteiger charge is -2.28. The molecule has 3 aromatic rings. The molecule has 1 fully saturated rings. The van der Waals surface area contributed by atoms with Crippen LogP contribution in [0.15, 0.2) is 30.3 Å². The van der Waals surface area contributed by atoms with Gasteiger partial charge in [-0.2, -0.15) is 4.98 Å². The second kappa shape index (κ2) is 8.52. The van der Waals surface area contributed by atoms with Crippen LogP contribution in [0.2, 0.25) is 0 Å². The van der Waals surface area contributed by atoms with Crippen LogP contribution in [0, 0.1) is 13.8 Å². The second-order valence-electron chi connectivity index (χ2n) is 7.08. The quantitative estimate of drug-likeness (QED) is 0.659. The van der Waals surface area contributed by atoms with Crippen LogP contribution < -0.4 is 15.5 Å². The molecule has 150 valence electrons. The van der Waals surface area contributed by atoms with Crippen LogP contribution >= 0.6 is 11.5 Å². The van der Waals surface area contributed by atoms with Crippen molar-refractivity contribution in [1.29, 1.82) is 0 Å². The van der Waals surface area contributed by atoms with E-state index in [1.165, 1.54) is 19.3 Å². The van der Waals surface area contributed by atoms with Crippen LogP contribution in [0.25, 0.3) is 0 Å². The van der Waals surface area contributed by atoms with Crippen molar-refractivity contribution in [2.45, 2.75) is 33.1 Å². The highest BCUT2D eigenvalue weighted by Crippen LogP contribution is 2.22. The Morgan fingerprint density at radius 3 is 2.45 bits per heavy atom. The van der Waals surface area contributed by atoms with E-state index in [1.54, 1.807) is 6.92 Å². The topological polar surface area (TPSA) is 95.9 Å². The third kappa shape index (κ3) is 4.68. The van der Waals surface area contributed by atoms with Crippen molar-refractivity contribution in [2.24, 2.45) is 0 Å². The van der Waals surface area contributed by atoms with E-state index in [0.717, 1.165) is 41.8 Å². The first-order valence-electron chi connectivity index (χ1n) is 9.66. The fourth-order valence-electron chi connectivity index (χ4n) is 3.29. The van der Waals surface area contributed by atoms with E-state index in [1.807, 2.05) is 37.3 Å². The summed E-state index contributed by atoms with van der Waals surface area (Å²) < 4.78 is 3.80. The fraction of sp³-hybridized carbons (Fsp3) is 0.350. The number of amides is 1. The number of rotatable bonds is 5. The molecule has 0 unspecified atom stereocenters. The third-order valence-corrected chi connectivity index (χ3v) is 5.60. The summed E-state index contributed by atoms with van der Waals surface area (Å²) in [4.78, 5) is 24.3. The molecule has 1 aliphatic heterocycles. The molecule has 29 heavy (non-hydrogen) atoms. The number of anilines is 4. The zero-order chi connectivity index (χ0) is 20.2. The normalized spacial score (nSPS) is 13.9. The van der Waals surface area contributed by atoms with Gasteiger partial charge in [0.15, 0.2) is 0 Å². The van der Waals surface area contributed by atoms with Gasteiger partial charge in [-0.1, -0.05) is 4.49 Å². The maximum absolute atomic E-state index is 12.3. The Kier molecular flexibility index (Phi) is 5.66. The lowest BCUT2D eigenvalue weighted by molar-refractivity contribution is 0.103. The van der Waals surface area contributed by atoms with Crippen molar-refractivity contribution in [3.05, 3.63) is 46.6 Å². The Morgan fingerprint density at radius 2 is 1.76 bits per heavy atom. The summed E-state index contributed by atoms with van der Waals surface area (Å²) in [7, 11) is 0. The molecule has 2 aromatic heterocycles. The molecular weight excluding hydrogens is 386 g/mol. The van der Waals surface area contributed by atoms with Crippen molar-refractivity contribution >= 4 is 40.6 Å². The summed E-state index contributed by atoms with van der Waals surface area (Å²) in [6, 6.07) is 9.49. The number of nitrogens with one attached hydrogen (secondary N) is 2. The van der Waals surface area contributed by atoms with E-state index in [2.05, 4.69) is 35.1 Å². The highest BCUT2D eigenvalue weighted by atomic mass is 32.1. The first-order chi connectivity index (χ1) is 14.1. The highest BCUT2D eigenvalue weighted by molar-refractivity contribution is 7.08. The van der Waals surface area contributed by atoms with Gasteiger partial charge < -0.3 is 15.5 Å². The Balaban J connectivity index is 1.44. The Labute approximate surface area is 173 Å². The minimum Gasteiger partial charge on any atom is -0.356 e. The van der Waals surface area contributed by atoms with E-state index in [4.69, 9.17) is 0 Å². The lowest BCUT2D eigenvalue weighted by Crippen LogP contribution is -2.30. The van der Waals surface area contributed by atoms with Gasteiger partial charge in [0.2, 0.25) is 5.95 Å². The number of carbonyl (C=O) groups excluding carboxylic acids is 1. The van der Waals surface area contributed by atoms with E-state index in [0.29, 0.717) is 22.2 Å². The molecule has 9 heteroatoms. The molecule has 0 saturated carbocycles. The Morgan fingerprint density at radius 1 is 1.03 bits per heavy atom. The fourth-order valence-corrected chi connectivity index (χ4v) is 3.84. The van der Waals surface area contributed by atoms with Crippen LogP contribution in [-0.2, 0) is 0 Å². The van der Waals surface area contributed by atoms with Gasteiger partial charge in [0.25, 0.3) is 5.91 Å². The predicted octanol–water partition coefficient (Wildman–Crippen LogP) is 3.93. The molecule has 0 radical (unpaired) electrons.